The van der Waals surface area contributed by atoms with E-state index >= 15 is 4.39 Å². The first kappa shape index (κ1) is 31.4. The van der Waals surface area contributed by atoms with Gasteiger partial charge in [0.15, 0.2) is 0 Å². The monoisotopic (exact) mass is 773 g/mol. The van der Waals surface area contributed by atoms with Crippen molar-refractivity contribution in [1.29, 1.82) is 0 Å². The number of aryl methyl sites for hydroxylation is 1. The van der Waals surface area contributed by atoms with Crippen molar-refractivity contribution in [3.05, 3.63) is 109 Å². The minimum atomic E-state index is -4.52. The predicted octanol–water partition coefficient (Wildman–Crippen LogP) is 8.90. The molecular weight excluding hydrogens is 754 g/mol. The molecule has 0 saturated heterocycles. The number of aromatic nitrogens is 2. The second-order valence-electron chi connectivity index (χ2n) is 9.08. The minimum absolute atomic E-state index is 0.0439. The van der Waals surface area contributed by atoms with Gasteiger partial charge in [-0.25, -0.2) is 21.5 Å². The van der Waals surface area contributed by atoms with Gasteiger partial charge in [-0.15, -0.1) is 10.2 Å². The lowest BCUT2D eigenvalue weighted by atomic mass is 10.0. The molecule has 222 valence electrons. The molecule has 0 amide bonds. The lowest BCUT2D eigenvalue weighted by Gasteiger charge is -2.23. The van der Waals surface area contributed by atoms with Crippen LogP contribution in [0.25, 0.3) is 11.1 Å². The van der Waals surface area contributed by atoms with Gasteiger partial charge in [0.1, 0.15) is 39.3 Å². The Morgan fingerprint density at radius 1 is 0.953 bits per heavy atom. The molecule has 0 fully saturated rings. The maximum absolute atomic E-state index is 15.6. The van der Waals surface area contributed by atoms with E-state index in [0.29, 0.717) is 20.4 Å². The van der Waals surface area contributed by atoms with Crippen molar-refractivity contribution in [3.8, 4) is 28.4 Å². The molecule has 0 spiro atoms. The Kier molecular flexibility index (Phi) is 9.42. The lowest BCUT2D eigenvalue weighted by Crippen LogP contribution is -2.31. The van der Waals surface area contributed by atoms with Crippen molar-refractivity contribution in [2.45, 2.75) is 18.4 Å². The van der Waals surface area contributed by atoms with Gasteiger partial charge in [0.2, 0.25) is 5.13 Å². The number of nitrogens with zero attached hydrogens (tertiary/aromatic N) is 3. The summed E-state index contributed by atoms with van der Waals surface area (Å²) in [5.74, 6) is -0.910. The van der Waals surface area contributed by atoms with Crippen LogP contribution in [0.3, 0.4) is 0 Å². The van der Waals surface area contributed by atoms with Gasteiger partial charge < -0.3 is 9.47 Å². The second kappa shape index (κ2) is 12.9. The Balaban J connectivity index is 1.51. The number of benzene rings is 4. The third-order valence-corrected chi connectivity index (χ3v) is 10.4. The molecule has 4 aromatic carbocycles. The van der Waals surface area contributed by atoms with E-state index in [1.54, 1.807) is 42.5 Å². The van der Waals surface area contributed by atoms with Crippen LogP contribution in [0.4, 0.5) is 13.9 Å². The molecule has 0 atom stereocenters. The highest BCUT2D eigenvalue weighted by Gasteiger charge is 2.32. The molecule has 14 heteroatoms. The van der Waals surface area contributed by atoms with E-state index in [4.69, 9.17) is 32.7 Å². The van der Waals surface area contributed by atoms with Gasteiger partial charge >= 0.3 is 0 Å². The largest absolute Gasteiger partial charge is 0.497 e. The van der Waals surface area contributed by atoms with Crippen molar-refractivity contribution in [3.63, 3.8) is 0 Å². The van der Waals surface area contributed by atoms with Crippen LogP contribution >= 0.6 is 57.1 Å². The summed E-state index contributed by atoms with van der Waals surface area (Å²) < 4.78 is 70.6. The van der Waals surface area contributed by atoms with E-state index in [-0.39, 0.29) is 38.8 Å². The van der Waals surface area contributed by atoms with E-state index in [0.717, 1.165) is 33.3 Å². The highest BCUT2D eigenvalue weighted by Crippen LogP contribution is 2.41. The molecule has 0 aliphatic rings. The van der Waals surface area contributed by atoms with Crippen LogP contribution in [0, 0.1) is 22.1 Å². The highest BCUT2D eigenvalue weighted by atomic mass is 127. The Bertz CT molecular complexity index is 1930. The van der Waals surface area contributed by atoms with Crippen molar-refractivity contribution >= 4 is 72.3 Å². The first-order valence-corrected chi connectivity index (χ1v) is 16.5. The molecule has 1 aromatic heterocycles. The van der Waals surface area contributed by atoms with Crippen LogP contribution in [-0.4, -0.2) is 25.7 Å². The molecule has 5 aromatic rings. The lowest BCUT2D eigenvalue weighted by molar-refractivity contribution is 0.414. The van der Waals surface area contributed by atoms with Crippen LogP contribution in [0.1, 0.15) is 11.1 Å². The maximum Gasteiger partial charge on any atom is 0.269 e. The first-order valence-electron chi connectivity index (χ1n) is 12.3. The minimum Gasteiger partial charge on any atom is -0.497 e. The third-order valence-electron chi connectivity index (χ3n) is 6.39. The van der Waals surface area contributed by atoms with E-state index in [2.05, 4.69) is 10.2 Å². The number of halogens is 5. The molecule has 0 radical (unpaired) electrons. The fourth-order valence-electron chi connectivity index (χ4n) is 4.18. The summed E-state index contributed by atoms with van der Waals surface area (Å²) in [5.41, 5.74) is 3.39. The molecule has 43 heavy (non-hydrogen) atoms. The standard InChI is InChI=1S/C29H20Cl2F2IN3O4S2/c1-16-9-18(40-2)8-7-17(16)14-37(29-36-35-15-42-29)43(38,39)28-12-22(31)26(13-24(28)33)41-27-10-20(21(30)11-25(27)34)19-5-3-4-6-23(19)32/h3-13,15H,14H2,1-2H3. The van der Waals surface area contributed by atoms with Gasteiger partial charge in [0, 0.05) is 22.2 Å². The van der Waals surface area contributed by atoms with Crippen molar-refractivity contribution < 1.29 is 26.7 Å². The number of methoxy groups -OCH3 is 1. The number of anilines is 1. The SMILES string of the molecule is COc1ccc(CN(c2nncs2)S(=O)(=O)c2cc(Cl)c(Oc3cc(-c4ccccc4F)c(Cl)cc3I)cc2F)c(C)c1. The summed E-state index contributed by atoms with van der Waals surface area (Å²) in [6, 6.07) is 16.2. The van der Waals surface area contributed by atoms with Crippen molar-refractivity contribution in [2.24, 2.45) is 0 Å². The van der Waals surface area contributed by atoms with Gasteiger partial charge in [0.25, 0.3) is 10.0 Å². The zero-order chi connectivity index (χ0) is 30.9. The summed E-state index contributed by atoms with van der Waals surface area (Å²) in [4.78, 5) is -0.677. The molecule has 7 nitrogen and oxygen atoms in total. The molecule has 0 N–H and O–H groups in total. The maximum atomic E-state index is 15.6. The normalized spacial score (nSPS) is 11.4. The Hall–Kier alpha value is -3.04. The first-order chi connectivity index (χ1) is 20.5. The Morgan fingerprint density at radius 3 is 2.40 bits per heavy atom. The van der Waals surface area contributed by atoms with Crippen LogP contribution in [0.5, 0.6) is 17.2 Å². The van der Waals surface area contributed by atoms with E-state index in [9.17, 15) is 12.8 Å². The number of ether oxygens (including phenoxy) is 2. The van der Waals surface area contributed by atoms with E-state index in [1.165, 1.54) is 24.8 Å². The van der Waals surface area contributed by atoms with E-state index in [1.807, 2.05) is 29.5 Å². The quantitative estimate of drug-likeness (QED) is 0.139. The van der Waals surface area contributed by atoms with Gasteiger partial charge in [-0.05, 0) is 77.0 Å². The molecule has 0 saturated carbocycles. The molecule has 0 aliphatic carbocycles. The van der Waals surface area contributed by atoms with E-state index < -0.39 is 26.6 Å². The number of sulfonamides is 1. The Morgan fingerprint density at radius 2 is 1.72 bits per heavy atom. The van der Waals surface area contributed by atoms with Gasteiger partial charge in [-0.1, -0.05) is 58.8 Å². The molecule has 1 heterocycles. The smallest absolute Gasteiger partial charge is 0.269 e. The zero-order valence-corrected chi connectivity index (χ0v) is 27.6. The number of hydrogen-bond acceptors (Lipinski definition) is 7. The molecule has 5 rings (SSSR count). The fourth-order valence-corrected chi connectivity index (χ4v) is 7.72. The topological polar surface area (TPSA) is 81.6 Å². The number of hydrogen-bond donors (Lipinski definition) is 0. The highest BCUT2D eigenvalue weighted by molar-refractivity contribution is 14.1. The Labute approximate surface area is 274 Å². The van der Waals surface area contributed by atoms with Crippen molar-refractivity contribution in [1.82, 2.24) is 10.2 Å². The third kappa shape index (κ3) is 6.58. The fraction of sp³-hybridized carbons (Fsp3) is 0.103. The van der Waals surface area contributed by atoms with Gasteiger partial charge in [-0.2, -0.15) is 0 Å². The average molecular weight is 774 g/mol. The van der Waals surface area contributed by atoms with Crippen LogP contribution in [0.15, 0.2) is 77.1 Å². The molecule has 0 aliphatic heterocycles. The molecular formula is C29H20Cl2F2IN3O4S2. The summed E-state index contributed by atoms with van der Waals surface area (Å²) in [7, 11) is -2.99. The van der Waals surface area contributed by atoms with Crippen LogP contribution in [0.2, 0.25) is 10.0 Å². The molecule has 0 bridgehead atoms. The van der Waals surface area contributed by atoms with Crippen LogP contribution in [-0.2, 0) is 16.6 Å². The summed E-state index contributed by atoms with van der Waals surface area (Å²) >= 11 is 15.8. The molecule has 0 unspecified atom stereocenters. The second-order valence-corrected chi connectivity index (χ2v) is 13.7. The number of rotatable bonds is 9. The summed E-state index contributed by atoms with van der Waals surface area (Å²) in [6.07, 6.45) is 0. The van der Waals surface area contributed by atoms with Crippen LogP contribution < -0.4 is 13.8 Å². The van der Waals surface area contributed by atoms with Crippen molar-refractivity contribution in [2.75, 3.05) is 11.4 Å². The van der Waals surface area contributed by atoms with Gasteiger partial charge in [0.05, 0.1) is 22.2 Å². The average Bonchev–Trinajstić information content (AvgIpc) is 3.50. The summed E-state index contributed by atoms with van der Waals surface area (Å²) in [6.45, 7) is 1.66. The van der Waals surface area contributed by atoms with Gasteiger partial charge in [-0.3, -0.25) is 0 Å². The zero-order valence-electron chi connectivity index (χ0n) is 22.3. The predicted molar refractivity (Wildman–Crippen MR) is 172 cm³/mol. The summed E-state index contributed by atoms with van der Waals surface area (Å²) in [5, 5.41) is 7.84.